The molecule has 0 fully saturated rings. The zero-order valence-corrected chi connectivity index (χ0v) is 14.3. The maximum absolute atomic E-state index is 6.24. The van der Waals surface area contributed by atoms with Gasteiger partial charge in [-0.3, -0.25) is 0 Å². The average molecular weight is 354 g/mol. The summed E-state index contributed by atoms with van der Waals surface area (Å²) in [6.07, 6.45) is 0. The molecule has 1 nitrogen and oxygen atoms in total. The molecule has 0 amide bonds. The second-order valence-corrected chi connectivity index (χ2v) is 6.04. The van der Waals surface area contributed by atoms with Crippen molar-refractivity contribution in [3.05, 3.63) is 63.2 Å². The van der Waals surface area contributed by atoms with Crippen LogP contribution in [-0.4, -0.2) is 0 Å². The lowest BCUT2D eigenvalue weighted by atomic mass is 10.1. The van der Waals surface area contributed by atoms with Crippen molar-refractivity contribution in [3.8, 4) is 5.75 Å². The van der Waals surface area contributed by atoms with Crippen molar-refractivity contribution in [2.45, 2.75) is 32.7 Å². The number of halogens is 2. The van der Waals surface area contributed by atoms with E-state index in [2.05, 4.69) is 48.0 Å². The van der Waals surface area contributed by atoms with Gasteiger partial charge in [-0.2, -0.15) is 0 Å². The quantitative estimate of drug-likeness (QED) is 0.637. The summed E-state index contributed by atoms with van der Waals surface area (Å²) in [7, 11) is 0. The molecule has 0 radical (unpaired) electrons. The molecule has 0 spiro atoms. The predicted molar refractivity (Wildman–Crippen MR) is 89.1 cm³/mol. The van der Waals surface area contributed by atoms with Gasteiger partial charge in [0.05, 0.1) is 0 Å². The summed E-state index contributed by atoms with van der Waals surface area (Å²) in [5.41, 5.74) is 5.75. The fourth-order valence-corrected chi connectivity index (χ4v) is 2.88. The van der Waals surface area contributed by atoms with Crippen LogP contribution in [0.4, 0.5) is 0 Å². The Hall–Kier alpha value is -0.990. The second-order valence-electron chi connectivity index (χ2n) is 5.08. The van der Waals surface area contributed by atoms with Crippen LogP contribution in [0.3, 0.4) is 0 Å². The first kappa shape index (κ1) is 15.4. The Balaban J connectivity index is 2.19. The number of benzene rings is 2. The molecule has 0 N–H and O–H groups in total. The fraction of sp³-hybridized carbons (Fsp3) is 0.294. The van der Waals surface area contributed by atoms with E-state index in [1.54, 1.807) is 0 Å². The van der Waals surface area contributed by atoms with Crippen molar-refractivity contribution in [2.24, 2.45) is 0 Å². The summed E-state index contributed by atoms with van der Waals surface area (Å²) in [5.74, 6) is 0.950. The Morgan fingerprint density at radius 3 is 2.25 bits per heavy atom. The normalized spacial score (nSPS) is 10.7. The van der Waals surface area contributed by atoms with Gasteiger partial charge in [-0.05, 0) is 49.1 Å². The smallest absolute Gasteiger partial charge is 0.125 e. The number of ether oxygens (including phenoxy) is 1. The van der Waals surface area contributed by atoms with E-state index >= 15 is 0 Å². The van der Waals surface area contributed by atoms with Crippen molar-refractivity contribution in [1.82, 2.24) is 0 Å². The van der Waals surface area contributed by atoms with Crippen molar-refractivity contribution in [3.63, 3.8) is 0 Å². The van der Waals surface area contributed by atoms with Crippen LogP contribution in [0, 0.1) is 20.8 Å². The first-order valence-corrected chi connectivity index (χ1v) is 8.05. The van der Waals surface area contributed by atoms with Gasteiger partial charge in [0.25, 0.3) is 0 Å². The number of hydrogen-bond donors (Lipinski definition) is 0. The summed E-state index contributed by atoms with van der Waals surface area (Å²) in [6.45, 7) is 6.68. The third-order valence-corrected chi connectivity index (χ3v) is 4.25. The highest BCUT2D eigenvalue weighted by molar-refractivity contribution is 9.08. The van der Waals surface area contributed by atoms with Gasteiger partial charge in [-0.15, -0.1) is 0 Å². The van der Waals surface area contributed by atoms with E-state index in [9.17, 15) is 0 Å². The van der Waals surface area contributed by atoms with Crippen LogP contribution in [0.25, 0.3) is 0 Å². The highest BCUT2D eigenvalue weighted by atomic mass is 79.9. The highest BCUT2D eigenvalue weighted by Gasteiger charge is 2.08. The van der Waals surface area contributed by atoms with E-state index in [0.29, 0.717) is 6.61 Å². The van der Waals surface area contributed by atoms with E-state index in [0.717, 1.165) is 38.4 Å². The molecule has 106 valence electrons. The molecule has 0 atom stereocenters. The van der Waals surface area contributed by atoms with E-state index in [1.165, 1.54) is 5.56 Å². The zero-order chi connectivity index (χ0) is 14.7. The molecule has 2 aromatic carbocycles. The summed E-state index contributed by atoms with van der Waals surface area (Å²) < 4.78 is 5.97. The maximum atomic E-state index is 6.24. The lowest BCUT2D eigenvalue weighted by molar-refractivity contribution is 0.302. The van der Waals surface area contributed by atoms with Gasteiger partial charge in [-0.1, -0.05) is 51.8 Å². The zero-order valence-electron chi connectivity index (χ0n) is 12.0. The molecule has 0 heterocycles. The SMILES string of the molecule is Cc1ccc(COc2c(C)cc(CBr)cc2C)c(Cl)c1. The van der Waals surface area contributed by atoms with Crippen molar-refractivity contribution >= 4 is 27.5 Å². The third-order valence-electron chi connectivity index (χ3n) is 3.25. The Morgan fingerprint density at radius 1 is 1.05 bits per heavy atom. The molecular weight excluding hydrogens is 336 g/mol. The lowest BCUT2D eigenvalue weighted by Crippen LogP contribution is -2.00. The summed E-state index contributed by atoms with van der Waals surface area (Å²) in [5, 5.41) is 1.62. The van der Waals surface area contributed by atoms with E-state index in [4.69, 9.17) is 16.3 Å². The summed E-state index contributed by atoms with van der Waals surface area (Å²) in [6, 6.07) is 10.3. The summed E-state index contributed by atoms with van der Waals surface area (Å²) in [4.78, 5) is 0. The van der Waals surface area contributed by atoms with Gasteiger partial charge < -0.3 is 4.74 Å². The van der Waals surface area contributed by atoms with Gasteiger partial charge in [0, 0.05) is 15.9 Å². The number of rotatable bonds is 4. The van der Waals surface area contributed by atoms with Crippen molar-refractivity contribution in [1.29, 1.82) is 0 Å². The molecular formula is C17H18BrClO. The van der Waals surface area contributed by atoms with E-state index in [-0.39, 0.29) is 0 Å². The van der Waals surface area contributed by atoms with Crippen LogP contribution in [0.2, 0.25) is 5.02 Å². The van der Waals surface area contributed by atoms with Crippen LogP contribution >= 0.6 is 27.5 Å². The molecule has 0 bridgehead atoms. The molecule has 0 saturated carbocycles. The first-order chi connectivity index (χ1) is 9.51. The minimum Gasteiger partial charge on any atom is -0.488 e. The van der Waals surface area contributed by atoms with Gasteiger partial charge in [0.2, 0.25) is 0 Å². The maximum Gasteiger partial charge on any atom is 0.125 e. The van der Waals surface area contributed by atoms with E-state index in [1.807, 2.05) is 19.1 Å². The molecule has 2 rings (SSSR count). The van der Waals surface area contributed by atoms with Crippen LogP contribution in [0.15, 0.2) is 30.3 Å². The fourth-order valence-electron chi connectivity index (χ4n) is 2.26. The molecule has 20 heavy (non-hydrogen) atoms. The molecule has 0 aromatic heterocycles. The lowest BCUT2D eigenvalue weighted by Gasteiger charge is -2.14. The van der Waals surface area contributed by atoms with Gasteiger partial charge in [0.15, 0.2) is 0 Å². The van der Waals surface area contributed by atoms with Gasteiger partial charge in [-0.25, -0.2) is 0 Å². The van der Waals surface area contributed by atoms with Crippen molar-refractivity contribution in [2.75, 3.05) is 0 Å². The number of hydrogen-bond acceptors (Lipinski definition) is 1. The van der Waals surface area contributed by atoms with Crippen LogP contribution in [0.5, 0.6) is 5.75 Å². The largest absolute Gasteiger partial charge is 0.488 e. The summed E-state index contributed by atoms with van der Waals surface area (Å²) >= 11 is 9.72. The first-order valence-electron chi connectivity index (χ1n) is 6.55. The third kappa shape index (κ3) is 3.56. The molecule has 0 aliphatic rings. The van der Waals surface area contributed by atoms with E-state index < -0.39 is 0 Å². The molecule has 2 aromatic rings. The highest BCUT2D eigenvalue weighted by Crippen LogP contribution is 2.27. The molecule has 0 unspecified atom stereocenters. The Bertz CT molecular complexity index is 599. The monoisotopic (exact) mass is 352 g/mol. The van der Waals surface area contributed by atoms with Crippen molar-refractivity contribution < 1.29 is 4.74 Å². The Morgan fingerprint density at radius 2 is 1.70 bits per heavy atom. The minimum absolute atomic E-state index is 0.494. The molecule has 0 saturated heterocycles. The standard InChI is InChI=1S/C17H18BrClO/c1-11-4-5-15(16(19)6-11)10-20-17-12(2)7-14(9-18)8-13(17)3/h4-8H,9-10H2,1-3H3. The molecule has 3 heteroatoms. The minimum atomic E-state index is 0.494. The second kappa shape index (κ2) is 6.64. The molecule has 0 aliphatic carbocycles. The molecule has 0 aliphatic heterocycles. The van der Waals surface area contributed by atoms with Gasteiger partial charge >= 0.3 is 0 Å². The Labute approximate surface area is 134 Å². The van der Waals surface area contributed by atoms with Gasteiger partial charge in [0.1, 0.15) is 12.4 Å². The topological polar surface area (TPSA) is 9.23 Å². The van der Waals surface area contributed by atoms with Crippen LogP contribution in [-0.2, 0) is 11.9 Å². The van der Waals surface area contributed by atoms with Crippen LogP contribution in [0.1, 0.15) is 27.8 Å². The average Bonchev–Trinajstić information content (AvgIpc) is 2.39. The number of alkyl halides is 1. The Kier molecular flexibility index (Phi) is 5.11. The predicted octanol–water partition coefficient (Wildman–Crippen LogP) is 5.74. The number of aryl methyl sites for hydroxylation is 3. The van der Waals surface area contributed by atoms with Crippen LogP contribution < -0.4 is 4.74 Å².